The van der Waals surface area contributed by atoms with Gasteiger partial charge in [-0.3, -0.25) is 4.99 Å². The van der Waals surface area contributed by atoms with Gasteiger partial charge >= 0.3 is 6.61 Å². The molecule has 170 valence electrons. The second-order valence-corrected chi connectivity index (χ2v) is 7.35. The lowest BCUT2D eigenvalue weighted by atomic mass is 10.1. The highest BCUT2D eigenvalue weighted by atomic mass is 19.3. The highest BCUT2D eigenvalue weighted by Gasteiger charge is 2.14. The number of halogens is 2. The van der Waals surface area contributed by atoms with E-state index in [1.54, 1.807) is 12.1 Å². The average molecular weight is 437 g/mol. The molecule has 10 heteroatoms. The van der Waals surface area contributed by atoms with Gasteiger partial charge in [-0.05, 0) is 37.5 Å². The molecule has 0 saturated carbocycles. The first-order valence-electron chi connectivity index (χ1n) is 10.7. The third-order valence-corrected chi connectivity index (χ3v) is 5.08. The van der Waals surface area contributed by atoms with Crippen molar-refractivity contribution < 1.29 is 18.6 Å². The molecule has 1 aliphatic rings. The van der Waals surface area contributed by atoms with Crippen LogP contribution >= 0.6 is 0 Å². The Hall–Kier alpha value is -2.75. The first-order valence-corrected chi connectivity index (χ1v) is 10.7. The van der Waals surface area contributed by atoms with Gasteiger partial charge in [0.15, 0.2) is 5.96 Å². The van der Waals surface area contributed by atoms with Crippen molar-refractivity contribution in [2.24, 2.45) is 4.99 Å². The molecule has 3 rings (SSSR count). The fraction of sp³-hybridized carbons (Fsp3) is 0.571. The maximum Gasteiger partial charge on any atom is 0.387 e. The minimum absolute atomic E-state index is 0.0517. The second-order valence-electron chi connectivity index (χ2n) is 7.35. The van der Waals surface area contributed by atoms with Crippen LogP contribution < -0.4 is 15.4 Å². The molecule has 8 nitrogen and oxygen atoms in total. The van der Waals surface area contributed by atoms with E-state index >= 15 is 0 Å². The van der Waals surface area contributed by atoms with Crippen LogP contribution in [0.5, 0.6) is 5.75 Å². The van der Waals surface area contributed by atoms with E-state index in [4.69, 9.17) is 0 Å². The zero-order valence-electron chi connectivity index (χ0n) is 17.7. The summed E-state index contributed by atoms with van der Waals surface area (Å²) >= 11 is 0. The van der Waals surface area contributed by atoms with Gasteiger partial charge in [0.25, 0.3) is 0 Å². The molecule has 1 aromatic heterocycles. The molecule has 0 bridgehead atoms. The van der Waals surface area contributed by atoms with Gasteiger partial charge in [-0.25, -0.2) is 0 Å². The lowest BCUT2D eigenvalue weighted by Crippen LogP contribution is -2.38. The van der Waals surface area contributed by atoms with E-state index < -0.39 is 12.7 Å². The lowest BCUT2D eigenvalue weighted by Gasteiger charge is -2.14. The fourth-order valence-electron chi connectivity index (χ4n) is 3.52. The second kappa shape index (κ2) is 11.6. The molecule has 2 aromatic rings. The van der Waals surface area contributed by atoms with Crippen molar-refractivity contribution in [1.29, 1.82) is 0 Å². The Morgan fingerprint density at radius 1 is 1.19 bits per heavy atom. The molecule has 0 aliphatic carbocycles. The summed E-state index contributed by atoms with van der Waals surface area (Å²) in [6.45, 7) is 1.51. The molecule has 0 amide bonds. The molecular weight excluding hydrogens is 406 g/mol. The first kappa shape index (κ1) is 22.9. The molecule has 0 saturated heterocycles. The van der Waals surface area contributed by atoms with Gasteiger partial charge < -0.3 is 25.0 Å². The third kappa shape index (κ3) is 6.88. The summed E-state index contributed by atoms with van der Waals surface area (Å²) in [5, 5.41) is 25.4. The van der Waals surface area contributed by atoms with Crippen molar-refractivity contribution in [3.05, 3.63) is 41.5 Å². The highest BCUT2D eigenvalue weighted by molar-refractivity contribution is 5.79. The average Bonchev–Trinajstić information content (AvgIpc) is 2.98. The molecular formula is C21H30F2N6O2. The Morgan fingerprint density at radius 2 is 2.00 bits per heavy atom. The predicted octanol–water partition coefficient (Wildman–Crippen LogP) is 2.44. The van der Waals surface area contributed by atoms with Crippen LogP contribution in [0, 0.1) is 0 Å². The van der Waals surface area contributed by atoms with Crippen LogP contribution in [0.15, 0.2) is 29.3 Å². The van der Waals surface area contributed by atoms with E-state index in [9.17, 15) is 13.9 Å². The molecule has 0 fully saturated rings. The minimum Gasteiger partial charge on any atom is -0.435 e. The molecule has 1 unspecified atom stereocenters. The quantitative estimate of drug-likeness (QED) is 0.413. The summed E-state index contributed by atoms with van der Waals surface area (Å²) in [6.07, 6.45) is 4.40. The number of rotatable bonds is 9. The Bertz CT molecular complexity index is 841. The zero-order valence-corrected chi connectivity index (χ0v) is 17.7. The number of hydrogen-bond acceptors (Lipinski definition) is 5. The van der Waals surface area contributed by atoms with Crippen molar-refractivity contribution >= 4 is 5.96 Å². The number of aryl methyl sites for hydroxylation is 1. The van der Waals surface area contributed by atoms with Gasteiger partial charge in [-0.15, -0.1) is 10.2 Å². The predicted molar refractivity (Wildman–Crippen MR) is 113 cm³/mol. The van der Waals surface area contributed by atoms with Crippen LogP contribution in [-0.4, -0.2) is 52.1 Å². The number of ether oxygens (including phenoxy) is 1. The summed E-state index contributed by atoms with van der Waals surface area (Å²) in [4.78, 5) is 4.43. The van der Waals surface area contributed by atoms with Crippen molar-refractivity contribution in [2.75, 3.05) is 19.6 Å². The van der Waals surface area contributed by atoms with Gasteiger partial charge in [-0.2, -0.15) is 8.78 Å². The fourth-order valence-corrected chi connectivity index (χ4v) is 3.52. The number of nitrogens with one attached hydrogen (secondary N) is 2. The maximum absolute atomic E-state index is 12.2. The van der Waals surface area contributed by atoms with Crippen LogP contribution in [-0.2, 0) is 19.4 Å². The van der Waals surface area contributed by atoms with E-state index in [2.05, 4.69) is 35.1 Å². The van der Waals surface area contributed by atoms with Crippen LogP contribution in [0.3, 0.4) is 0 Å². The van der Waals surface area contributed by atoms with E-state index in [-0.39, 0.29) is 12.3 Å². The summed E-state index contributed by atoms with van der Waals surface area (Å²) in [5.74, 6) is 2.69. The van der Waals surface area contributed by atoms with Crippen molar-refractivity contribution in [2.45, 2.75) is 58.3 Å². The van der Waals surface area contributed by atoms with Gasteiger partial charge in [0.05, 0.1) is 12.6 Å². The lowest BCUT2D eigenvalue weighted by molar-refractivity contribution is -0.0498. The number of aliphatic hydroxyl groups is 1. The molecule has 1 aromatic carbocycles. The number of fused-ring (bicyclic) bond motifs is 1. The standard InChI is InChI=1S/C21H30F2N6O2/c1-2-24-21(25-12-11-19-28-27-18-6-4-3-5-13-29(18)19)26-14-17(30)15-7-9-16(10-8-15)31-20(22)23/h7-10,17,20,30H,2-6,11-14H2,1H3,(H2,24,25,26). The summed E-state index contributed by atoms with van der Waals surface area (Å²) in [5.41, 5.74) is 0.576. The van der Waals surface area contributed by atoms with E-state index in [0.717, 1.165) is 43.9 Å². The largest absolute Gasteiger partial charge is 0.435 e. The Morgan fingerprint density at radius 3 is 2.74 bits per heavy atom. The zero-order chi connectivity index (χ0) is 22.1. The van der Waals surface area contributed by atoms with Crippen LogP contribution in [0.2, 0.25) is 0 Å². The van der Waals surface area contributed by atoms with Crippen molar-refractivity contribution in [3.8, 4) is 5.75 Å². The maximum atomic E-state index is 12.2. The van der Waals surface area contributed by atoms with E-state index in [1.807, 2.05) is 6.92 Å². The number of aromatic nitrogens is 3. The van der Waals surface area contributed by atoms with Crippen LogP contribution in [0.25, 0.3) is 0 Å². The Labute approximate surface area is 180 Å². The Balaban J connectivity index is 1.52. The molecule has 2 heterocycles. The first-order chi connectivity index (χ1) is 15.1. The molecule has 0 radical (unpaired) electrons. The molecule has 1 atom stereocenters. The molecule has 31 heavy (non-hydrogen) atoms. The summed E-state index contributed by atoms with van der Waals surface area (Å²) in [7, 11) is 0. The summed E-state index contributed by atoms with van der Waals surface area (Å²) in [6, 6.07) is 5.91. The van der Waals surface area contributed by atoms with Crippen molar-refractivity contribution in [3.63, 3.8) is 0 Å². The minimum atomic E-state index is -2.87. The molecule has 0 spiro atoms. The number of aliphatic imine (C=N–C) groups is 1. The van der Waals surface area contributed by atoms with Gasteiger partial charge in [0.1, 0.15) is 17.4 Å². The van der Waals surface area contributed by atoms with Crippen molar-refractivity contribution in [1.82, 2.24) is 25.4 Å². The monoisotopic (exact) mass is 436 g/mol. The smallest absolute Gasteiger partial charge is 0.387 e. The summed E-state index contributed by atoms with van der Waals surface area (Å²) < 4.78 is 31.0. The van der Waals surface area contributed by atoms with E-state index in [1.165, 1.54) is 18.6 Å². The van der Waals surface area contributed by atoms with Gasteiger partial charge in [0, 0.05) is 32.5 Å². The third-order valence-electron chi connectivity index (χ3n) is 5.08. The number of nitrogens with zero attached hydrogens (tertiary/aromatic N) is 4. The number of aliphatic hydroxyl groups excluding tert-OH is 1. The normalized spacial score (nSPS) is 15.3. The van der Waals surface area contributed by atoms with Gasteiger partial charge in [-0.1, -0.05) is 18.6 Å². The molecule has 3 N–H and O–H groups in total. The number of hydrogen-bond donors (Lipinski definition) is 3. The van der Waals surface area contributed by atoms with Crippen LogP contribution in [0.1, 0.15) is 49.5 Å². The molecule has 1 aliphatic heterocycles. The topological polar surface area (TPSA) is 96.6 Å². The highest BCUT2D eigenvalue weighted by Crippen LogP contribution is 2.19. The van der Waals surface area contributed by atoms with Gasteiger partial charge in [0.2, 0.25) is 0 Å². The number of benzene rings is 1. The SMILES string of the molecule is CCNC(=NCC(O)c1ccc(OC(F)F)cc1)NCCc1nnc2n1CCCCC2. The number of alkyl halides is 2. The number of guanidine groups is 1. The Kier molecular flexibility index (Phi) is 8.57. The van der Waals surface area contributed by atoms with E-state index in [0.29, 0.717) is 24.6 Å². The van der Waals surface area contributed by atoms with Crippen LogP contribution in [0.4, 0.5) is 8.78 Å².